The predicted molar refractivity (Wildman–Crippen MR) is 80.4 cm³/mol. The molecule has 0 aliphatic carbocycles. The lowest BCUT2D eigenvalue weighted by Gasteiger charge is -2.29. The van der Waals surface area contributed by atoms with Crippen LogP contribution in [0.5, 0.6) is 0 Å². The molecule has 1 saturated heterocycles. The molecule has 0 unspecified atom stereocenters. The first kappa shape index (κ1) is 13.2. The molecule has 4 heteroatoms. The highest BCUT2D eigenvalue weighted by Gasteiger charge is 2.23. The fraction of sp³-hybridized carbons (Fsp3) is 0.438. The lowest BCUT2D eigenvalue weighted by Crippen LogP contribution is -2.46. The van der Waals surface area contributed by atoms with Crippen molar-refractivity contribution in [3.8, 4) is 0 Å². The quantitative estimate of drug-likeness (QED) is 0.897. The summed E-state index contributed by atoms with van der Waals surface area (Å²) in [7, 11) is 0. The van der Waals surface area contributed by atoms with Gasteiger partial charge in [0.1, 0.15) is 0 Å². The van der Waals surface area contributed by atoms with Crippen molar-refractivity contribution >= 4 is 16.8 Å². The van der Waals surface area contributed by atoms with Crippen molar-refractivity contribution in [1.29, 1.82) is 0 Å². The Balaban J connectivity index is 1.71. The van der Waals surface area contributed by atoms with E-state index in [1.54, 1.807) is 0 Å². The molecule has 3 N–H and O–H groups in total. The number of aromatic nitrogens is 1. The van der Waals surface area contributed by atoms with Crippen molar-refractivity contribution in [3.05, 3.63) is 36.0 Å². The van der Waals surface area contributed by atoms with E-state index in [1.165, 1.54) is 6.42 Å². The minimum Gasteiger partial charge on any atom is -0.361 e. The predicted octanol–water partition coefficient (Wildman–Crippen LogP) is 2.05. The number of fused-ring (bicyclic) bond motifs is 1. The second kappa shape index (κ2) is 5.67. The summed E-state index contributed by atoms with van der Waals surface area (Å²) in [6, 6.07) is 7.68. The van der Waals surface area contributed by atoms with Gasteiger partial charge in [-0.25, -0.2) is 0 Å². The average molecular weight is 271 g/mol. The summed E-state index contributed by atoms with van der Waals surface area (Å²) in [5.74, 6) is 0.0926. The number of likely N-dealkylation sites (tertiary alicyclic amines) is 1. The normalized spacial score (nSPS) is 17.4. The number of rotatable bonds is 3. The van der Waals surface area contributed by atoms with Crippen LogP contribution in [-0.4, -0.2) is 34.9 Å². The topological polar surface area (TPSA) is 62.1 Å². The summed E-state index contributed by atoms with van der Waals surface area (Å²) in [6.07, 6.45) is 5.99. The molecule has 1 atom stereocenters. The van der Waals surface area contributed by atoms with Gasteiger partial charge in [-0.15, -0.1) is 0 Å². The maximum atomic E-state index is 12.4. The van der Waals surface area contributed by atoms with Crippen LogP contribution in [0.25, 0.3) is 10.9 Å². The van der Waals surface area contributed by atoms with E-state index in [0.29, 0.717) is 6.42 Å². The van der Waals surface area contributed by atoms with E-state index < -0.39 is 6.04 Å². The molecular weight excluding hydrogens is 250 g/mol. The molecule has 1 aliphatic heterocycles. The summed E-state index contributed by atoms with van der Waals surface area (Å²) in [5, 5.41) is 1.16. The third-order valence-corrected chi connectivity index (χ3v) is 4.10. The Kier molecular flexibility index (Phi) is 3.74. The van der Waals surface area contributed by atoms with Crippen LogP contribution < -0.4 is 5.73 Å². The van der Waals surface area contributed by atoms with Crippen LogP contribution in [0.3, 0.4) is 0 Å². The van der Waals surface area contributed by atoms with Crippen molar-refractivity contribution in [2.45, 2.75) is 31.7 Å². The summed E-state index contributed by atoms with van der Waals surface area (Å²) in [5.41, 5.74) is 8.35. The SMILES string of the molecule is N[C@H](Cc1c[nH]c2ccccc12)C(=O)N1CCCCC1. The van der Waals surface area contributed by atoms with E-state index in [0.717, 1.165) is 42.4 Å². The molecule has 3 rings (SSSR count). The Hall–Kier alpha value is -1.81. The van der Waals surface area contributed by atoms with Gasteiger partial charge in [0.2, 0.25) is 5.91 Å². The first-order chi connectivity index (χ1) is 9.75. The number of H-pyrrole nitrogens is 1. The zero-order valence-electron chi connectivity index (χ0n) is 11.6. The van der Waals surface area contributed by atoms with E-state index in [2.05, 4.69) is 11.1 Å². The molecule has 1 aromatic heterocycles. The standard InChI is InChI=1S/C16H21N3O/c17-14(16(20)19-8-4-1-5-9-19)10-12-11-18-15-7-3-2-6-13(12)15/h2-3,6-7,11,14,18H,1,4-5,8-10,17H2/t14-/m1/s1. The monoisotopic (exact) mass is 271 g/mol. The zero-order chi connectivity index (χ0) is 13.9. The number of nitrogens with two attached hydrogens (primary N) is 1. The average Bonchev–Trinajstić information content (AvgIpc) is 2.91. The fourth-order valence-electron chi connectivity index (χ4n) is 2.97. The van der Waals surface area contributed by atoms with Crippen molar-refractivity contribution in [1.82, 2.24) is 9.88 Å². The van der Waals surface area contributed by atoms with Gasteiger partial charge in [0.05, 0.1) is 6.04 Å². The number of nitrogens with one attached hydrogen (secondary N) is 1. The third-order valence-electron chi connectivity index (χ3n) is 4.10. The van der Waals surface area contributed by atoms with Crippen LogP contribution in [-0.2, 0) is 11.2 Å². The van der Waals surface area contributed by atoms with Crippen molar-refractivity contribution < 1.29 is 4.79 Å². The Morgan fingerprint density at radius 2 is 2.00 bits per heavy atom. The van der Waals surface area contributed by atoms with Crippen LogP contribution in [0.15, 0.2) is 30.5 Å². The van der Waals surface area contributed by atoms with Gasteiger partial charge in [-0.2, -0.15) is 0 Å². The molecule has 0 bridgehead atoms. The number of carbonyl (C=O) groups excluding carboxylic acids is 1. The smallest absolute Gasteiger partial charge is 0.239 e. The number of hydrogen-bond acceptors (Lipinski definition) is 2. The first-order valence-corrected chi connectivity index (χ1v) is 7.35. The molecule has 4 nitrogen and oxygen atoms in total. The Bertz CT molecular complexity index is 599. The van der Waals surface area contributed by atoms with Gasteiger partial charge in [-0.3, -0.25) is 4.79 Å². The van der Waals surface area contributed by atoms with E-state index in [4.69, 9.17) is 5.73 Å². The highest BCUT2D eigenvalue weighted by molar-refractivity contribution is 5.86. The summed E-state index contributed by atoms with van der Waals surface area (Å²) >= 11 is 0. The highest BCUT2D eigenvalue weighted by Crippen LogP contribution is 2.19. The third kappa shape index (κ3) is 2.56. The number of carbonyl (C=O) groups is 1. The molecule has 0 radical (unpaired) electrons. The number of hydrogen-bond donors (Lipinski definition) is 2. The number of aromatic amines is 1. The second-order valence-electron chi connectivity index (χ2n) is 5.56. The molecule has 2 aromatic rings. The van der Waals surface area contributed by atoms with Crippen LogP contribution in [0.2, 0.25) is 0 Å². The maximum absolute atomic E-state index is 12.4. The lowest BCUT2D eigenvalue weighted by atomic mass is 10.0. The largest absolute Gasteiger partial charge is 0.361 e. The van der Waals surface area contributed by atoms with E-state index in [9.17, 15) is 4.79 Å². The summed E-state index contributed by atoms with van der Waals surface area (Å²) < 4.78 is 0. The Labute approximate surface area is 118 Å². The van der Waals surface area contributed by atoms with Crippen molar-refractivity contribution in [2.75, 3.05) is 13.1 Å². The van der Waals surface area contributed by atoms with Gasteiger partial charge in [-0.05, 0) is 37.3 Å². The number of nitrogens with zero attached hydrogens (tertiary/aromatic N) is 1. The number of benzene rings is 1. The number of para-hydroxylation sites is 1. The number of amides is 1. The lowest BCUT2D eigenvalue weighted by molar-refractivity contribution is -0.133. The zero-order valence-corrected chi connectivity index (χ0v) is 11.6. The molecule has 0 saturated carbocycles. The maximum Gasteiger partial charge on any atom is 0.239 e. The fourth-order valence-corrected chi connectivity index (χ4v) is 2.97. The Morgan fingerprint density at radius 1 is 1.25 bits per heavy atom. The van der Waals surface area contributed by atoms with E-state index in [1.807, 2.05) is 29.3 Å². The molecule has 0 spiro atoms. The minimum atomic E-state index is -0.438. The molecule has 20 heavy (non-hydrogen) atoms. The summed E-state index contributed by atoms with van der Waals surface area (Å²) in [6.45, 7) is 1.72. The van der Waals surface area contributed by atoms with Gasteiger partial charge >= 0.3 is 0 Å². The molecule has 1 aliphatic rings. The molecule has 1 amide bonds. The molecular formula is C16H21N3O. The van der Waals surface area contributed by atoms with Crippen molar-refractivity contribution in [3.63, 3.8) is 0 Å². The molecule has 1 aromatic carbocycles. The molecule has 2 heterocycles. The van der Waals surface area contributed by atoms with Crippen LogP contribution >= 0.6 is 0 Å². The minimum absolute atomic E-state index is 0.0926. The number of piperidine rings is 1. The van der Waals surface area contributed by atoms with Gasteiger partial charge in [0.15, 0.2) is 0 Å². The first-order valence-electron chi connectivity index (χ1n) is 7.35. The van der Waals surface area contributed by atoms with Gasteiger partial charge in [0, 0.05) is 30.2 Å². The molecule has 106 valence electrons. The molecule has 1 fully saturated rings. The summed E-state index contributed by atoms with van der Waals surface area (Å²) in [4.78, 5) is 17.5. The Morgan fingerprint density at radius 3 is 2.80 bits per heavy atom. The van der Waals surface area contributed by atoms with E-state index >= 15 is 0 Å². The van der Waals surface area contributed by atoms with Crippen molar-refractivity contribution in [2.24, 2.45) is 5.73 Å². The highest BCUT2D eigenvalue weighted by atomic mass is 16.2. The van der Waals surface area contributed by atoms with Crippen LogP contribution in [0.1, 0.15) is 24.8 Å². The van der Waals surface area contributed by atoms with E-state index in [-0.39, 0.29) is 5.91 Å². The second-order valence-corrected chi connectivity index (χ2v) is 5.56. The van der Waals surface area contributed by atoms with Gasteiger partial charge in [-0.1, -0.05) is 18.2 Å². The van der Waals surface area contributed by atoms with Gasteiger partial charge in [0.25, 0.3) is 0 Å². The van der Waals surface area contributed by atoms with Crippen LogP contribution in [0.4, 0.5) is 0 Å². The van der Waals surface area contributed by atoms with Crippen LogP contribution in [0, 0.1) is 0 Å². The van der Waals surface area contributed by atoms with Gasteiger partial charge < -0.3 is 15.6 Å².